The molecule has 0 bridgehead atoms. The van der Waals surface area contributed by atoms with Gasteiger partial charge in [-0.05, 0) is 44.0 Å². The second-order valence-corrected chi connectivity index (χ2v) is 6.77. The highest BCUT2D eigenvalue weighted by Gasteiger charge is 2.37. The molecule has 3 atom stereocenters. The van der Waals surface area contributed by atoms with E-state index in [1.54, 1.807) is 24.7 Å². The number of aromatic nitrogens is 2. The monoisotopic (exact) mass is 338 g/mol. The van der Waals surface area contributed by atoms with Crippen LogP contribution in [0.5, 0.6) is 0 Å². The number of benzene rings is 1. The van der Waals surface area contributed by atoms with Crippen molar-refractivity contribution in [2.45, 2.75) is 26.9 Å². The molecule has 0 spiro atoms. The third-order valence-electron chi connectivity index (χ3n) is 5.14. The quantitative estimate of drug-likeness (QED) is 0.838. The average molecular weight is 338 g/mol. The van der Waals surface area contributed by atoms with Crippen molar-refractivity contribution < 1.29 is 15.0 Å². The number of aryl methyl sites for hydroxylation is 1. The highest BCUT2D eigenvalue weighted by molar-refractivity contribution is 5.75. The summed E-state index contributed by atoms with van der Waals surface area (Å²) in [4.78, 5) is 15.3. The predicted molar refractivity (Wildman–Crippen MR) is 95.4 cm³/mol. The molecule has 25 heavy (non-hydrogen) atoms. The van der Waals surface area contributed by atoms with Crippen molar-refractivity contribution in [3.8, 4) is 5.69 Å². The number of rotatable bonds is 4. The Kier molecular flexibility index (Phi) is 4.35. The molecule has 0 saturated carbocycles. The van der Waals surface area contributed by atoms with E-state index < -0.39 is 23.4 Å². The van der Waals surface area contributed by atoms with Crippen molar-refractivity contribution in [3.63, 3.8) is 0 Å². The fourth-order valence-electron chi connectivity index (χ4n) is 3.22. The minimum atomic E-state index is -0.884. The zero-order valence-corrected chi connectivity index (χ0v) is 14.5. The third kappa shape index (κ3) is 3.03. The number of hydrogen-bond donors (Lipinski definition) is 2. The van der Waals surface area contributed by atoms with Crippen molar-refractivity contribution in [1.29, 1.82) is 0 Å². The molecule has 3 unspecified atom stereocenters. The first-order chi connectivity index (χ1) is 11.8. The van der Waals surface area contributed by atoms with Crippen molar-refractivity contribution >= 4 is 5.97 Å². The first kappa shape index (κ1) is 17.2. The van der Waals surface area contributed by atoms with Gasteiger partial charge in [0, 0.05) is 23.5 Å². The first-order valence-corrected chi connectivity index (χ1v) is 8.21. The average Bonchev–Trinajstić information content (AvgIpc) is 3.11. The van der Waals surface area contributed by atoms with Crippen LogP contribution in [0.25, 0.3) is 5.69 Å². The number of hydrogen-bond acceptors (Lipinski definition) is 3. The molecule has 1 aliphatic rings. The van der Waals surface area contributed by atoms with Gasteiger partial charge in [0.25, 0.3) is 0 Å². The molecule has 2 N–H and O–H groups in total. The lowest BCUT2D eigenvalue weighted by Crippen LogP contribution is -2.29. The van der Waals surface area contributed by atoms with Crippen LogP contribution in [-0.4, -0.2) is 25.7 Å². The lowest BCUT2D eigenvalue weighted by Gasteiger charge is -2.36. The molecular weight excluding hydrogens is 316 g/mol. The summed E-state index contributed by atoms with van der Waals surface area (Å²) >= 11 is 0. The van der Waals surface area contributed by atoms with Gasteiger partial charge in [-0.25, -0.2) is 4.98 Å². The largest absolute Gasteiger partial charge is 0.481 e. The van der Waals surface area contributed by atoms with Gasteiger partial charge in [-0.15, -0.1) is 0 Å². The Morgan fingerprint density at radius 2 is 2.12 bits per heavy atom. The SMILES string of the molecule is CC1=CC(C(=O)O)C=CC1(C)C(O)c1cc(-n2ccnc2)ccc1C. The van der Waals surface area contributed by atoms with E-state index in [4.69, 9.17) is 0 Å². The molecule has 0 fully saturated rings. The van der Waals surface area contributed by atoms with Crippen LogP contribution in [0.4, 0.5) is 0 Å². The van der Waals surface area contributed by atoms with Crippen molar-refractivity contribution in [3.05, 3.63) is 71.8 Å². The molecule has 1 heterocycles. The summed E-state index contributed by atoms with van der Waals surface area (Å²) in [7, 11) is 0. The number of aliphatic hydroxyl groups excluding tert-OH is 1. The number of aliphatic carboxylic acids is 1. The Balaban J connectivity index is 1.99. The van der Waals surface area contributed by atoms with Gasteiger partial charge in [0.05, 0.1) is 18.3 Å². The van der Waals surface area contributed by atoms with Crippen molar-refractivity contribution in [2.75, 3.05) is 0 Å². The van der Waals surface area contributed by atoms with Crippen LogP contribution in [0.3, 0.4) is 0 Å². The Bertz CT molecular complexity index is 852. The maximum absolute atomic E-state index is 11.2. The van der Waals surface area contributed by atoms with Crippen molar-refractivity contribution in [2.24, 2.45) is 11.3 Å². The molecule has 0 radical (unpaired) electrons. The molecule has 0 aliphatic heterocycles. The van der Waals surface area contributed by atoms with Crippen LogP contribution in [0, 0.1) is 18.3 Å². The summed E-state index contributed by atoms with van der Waals surface area (Å²) in [6.07, 6.45) is 9.67. The standard InChI is InChI=1S/C20H22N2O3/c1-13-4-5-16(22-9-8-21-12-22)11-17(13)18(23)20(3)7-6-15(19(24)25)10-14(20)2/h4-12,15,18,23H,1-3H3,(H,24,25). The second-order valence-electron chi connectivity index (χ2n) is 6.77. The number of imidazole rings is 1. The Morgan fingerprint density at radius 3 is 2.72 bits per heavy atom. The van der Waals surface area contributed by atoms with Crippen LogP contribution < -0.4 is 0 Å². The number of carboxylic acids is 1. The predicted octanol–water partition coefficient (Wildman–Crippen LogP) is 3.44. The molecule has 1 aromatic carbocycles. The molecular formula is C20H22N2O3. The zero-order valence-electron chi connectivity index (χ0n) is 14.5. The van der Waals surface area contributed by atoms with Crippen LogP contribution in [-0.2, 0) is 4.79 Å². The second kappa shape index (κ2) is 6.33. The number of carboxylic acid groups (broad SMARTS) is 1. The van der Waals surface area contributed by atoms with Gasteiger partial charge in [-0.3, -0.25) is 4.79 Å². The zero-order chi connectivity index (χ0) is 18.2. The van der Waals surface area contributed by atoms with E-state index >= 15 is 0 Å². The van der Waals surface area contributed by atoms with E-state index in [1.165, 1.54) is 0 Å². The molecule has 1 aromatic heterocycles. The lowest BCUT2D eigenvalue weighted by molar-refractivity contribution is -0.138. The summed E-state index contributed by atoms with van der Waals surface area (Å²) in [6.45, 7) is 5.77. The molecule has 0 saturated heterocycles. The maximum atomic E-state index is 11.2. The molecule has 0 amide bonds. The maximum Gasteiger partial charge on any atom is 0.314 e. The lowest BCUT2D eigenvalue weighted by atomic mass is 9.70. The highest BCUT2D eigenvalue weighted by Crippen LogP contribution is 2.45. The van der Waals surface area contributed by atoms with Gasteiger partial charge in [-0.1, -0.05) is 29.9 Å². The highest BCUT2D eigenvalue weighted by atomic mass is 16.4. The van der Waals surface area contributed by atoms with Gasteiger partial charge in [-0.2, -0.15) is 0 Å². The fraction of sp³-hybridized carbons (Fsp3) is 0.300. The van der Waals surface area contributed by atoms with Gasteiger partial charge in [0.1, 0.15) is 0 Å². The summed E-state index contributed by atoms with van der Waals surface area (Å²) in [5.74, 6) is -1.52. The number of aliphatic hydroxyl groups is 1. The minimum Gasteiger partial charge on any atom is -0.481 e. The Labute approximate surface area is 147 Å². The van der Waals surface area contributed by atoms with Crippen LogP contribution in [0.15, 0.2) is 60.7 Å². The van der Waals surface area contributed by atoms with E-state index in [2.05, 4.69) is 4.98 Å². The summed E-state index contributed by atoms with van der Waals surface area (Å²) < 4.78 is 1.89. The first-order valence-electron chi connectivity index (χ1n) is 8.21. The van der Waals surface area contributed by atoms with Crippen LogP contribution in [0.2, 0.25) is 0 Å². The Hall–Kier alpha value is -2.66. The van der Waals surface area contributed by atoms with Gasteiger partial charge in [0.15, 0.2) is 0 Å². The van der Waals surface area contributed by atoms with E-state index in [-0.39, 0.29) is 0 Å². The summed E-state index contributed by atoms with van der Waals surface area (Å²) in [5.41, 5.74) is 2.93. The van der Waals surface area contributed by atoms with Crippen LogP contribution in [0.1, 0.15) is 31.1 Å². The topological polar surface area (TPSA) is 75.3 Å². The normalized spacial score (nSPS) is 24.0. The van der Waals surface area contributed by atoms with Gasteiger partial charge >= 0.3 is 5.97 Å². The summed E-state index contributed by atoms with van der Waals surface area (Å²) in [6, 6.07) is 5.91. The third-order valence-corrected chi connectivity index (χ3v) is 5.14. The smallest absolute Gasteiger partial charge is 0.314 e. The van der Waals surface area contributed by atoms with Crippen LogP contribution >= 0.6 is 0 Å². The number of carbonyl (C=O) groups is 1. The van der Waals surface area contributed by atoms with Gasteiger partial charge < -0.3 is 14.8 Å². The molecule has 130 valence electrons. The molecule has 1 aliphatic carbocycles. The summed E-state index contributed by atoms with van der Waals surface area (Å²) in [5, 5.41) is 20.3. The molecule has 3 rings (SSSR count). The molecule has 5 heteroatoms. The number of nitrogens with zero attached hydrogens (tertiary/aromatic N) is 2. The molecule has 2 aromatic rings. The van der Waals surface area contributed by atoms with Crippen molar-refractivity contribution in [1.82, 2.24) is 9.55 Å². The van der Waals surface area contributed by atoms with E-state index in [0.717, 1.165) is 22.4 Å². The van der Waals surface area contributed by atoms with E-state index in [1.807, 2.05) is 55.8 Å². The fourth-order valence-corrected chi connectivity index (χ4v) is 3.22. The Morgan fingerprint density at radius 1 is 1.36 bits per heavy atom. The van der Waals surface area contributed by atoms with E-state index in [0.29, 0.717) is 0 Å². The molecule has 5 nitrogen and oxygen atoms in total. The van der Waals surface area contributed by atoms with Gasteiger partial charge in [0.2, 0.25) is 0 Å². The minimum absolute atomic E-state index is 0.640. The van der Waals surface area contributed by atoms with E-state index in [9.17, 15) is 15.0 Å².